The van der Waals surface area contributed by atoms with Crippen molar-refractivity contribution in [1.29, 1.82) is 0 Å². The van der Waals surface area contributed by atoms with Crippen LogP contribution in [-0.4, -0.2) is 18.4 Å². The van der Waals surface area contributed by atoms with Crippen molar-refractivity contribution in [3.8, 4) is 0 Å². The van der Waals surface area contributed by atoms with Gasteiger partial charge in [-0.2, -0.15) is 0 Å². The highest BCUT2D eigenvalue weighted by Gasteiger charge is 2.20. The molecule has 0 amide bonds. The molecule has 2 heteroatoms. The zero-order chi connectivity index (χ0) is 13.0. The fourth-order valence-electron chi connectivity index (χ4n) is 2.81. The average Bonchev–Trinajstić information content (AvgIpc) is 2.46. The Morgan fingerprint density at radius 1 is 1.22 bits per heavy atom. The van der Waals surface area contributed by atoms with E-state index in [-0.39, 0.29) is 5.78 Å². The molecule has 0 radical (unpaired) electrons. The Bertz CT molecular complexity index is 396. The molecule has 0 aliphatic carbocycles. The van der Waals surface area contributed by atoms with E-state index >= 15 is 0 Å². The lowest BCUT2D eigenvalue weighted by molar-refractivity contribution is 0.0988. The summed E-state index contributed by atoms with van der Waals surface area (Å²) in [4.78, 5) is 14.1. The molecule has 1 unspecified atom stereocenters. The lowest BCUT2D eigenvalue weighted by Gasteiger charge is -2.37. The first-order valence-corrected chi connectivity index (χ1v) is 7.16. The van der Waals surface area contributed by atoms with Crippen LogP contribution in [0.15, 0.2) is 24.3 Å². The summed E-state index contributed by atoms with van der Waals surface area (Å²) in [6.45, 7) is 5.32. The third kappa shape index (κ3) is 2.74. The molecule has 0 aromatic heterocycles. The maximum absolute atomic E-state index is 11.6. The average molecular weight is 245 g/mol. The van der Waals surface area contributed by atoms with Crippen LogP contribution in [0.4, 0.5) is 5.69 Å². The van der Waals surface area contributed by atoms with Crippen LogP contribution < -0.4 is 4.90 Å². The van der Waals surface area contributed by atoms with Gasteiger partial charge in [-0.3, -0.25) is 4.79 Å². The van der Waals surface area contributed by atoms with Crippen LogP contribution >= 0.6 is 0 Å². The maximum Gasteiger partial charge on any atom is 0.162 e. The number of hydrogen-bond acceptors (Lipinski definition) is 2. The monoisotopic (exact) mass is 245 g/mol. The summed E-state index contributed by atoms with van der Waals surface area (Å²) in [6, 6.07) is 8.84. The molecule has 0 saturated carbocycles. The summed E-state index contributed by atoms with van der Waals surface area (Å²) in [6.07, 6.45) is 5.72. The number of carbonyl (C=O) groups excluding carboxylic acids is 1. The first-order chi connectivity index (χ1) is 8.76. The van der Waals surface area contributed by atoms with Crippen LogP contribution in [0.2, 0.25) is 0 Å². The maximum atomic E-state index is 11.6. The number of carbonyl (C=O) groups is 1. The van der Waals surface area contributed by atoms with Gasteiger partial charge in [-0.25, -0.2) is 0 Å². The molecular formula is C16H23NO. The third-order valence-corrected chi connectivity index (χ3v) is 3.94. The highest BCUT2D eigenvalue weighted by atomic mass is 16.1. The minimum absolute atomic E-state index is 0.229. The Kier molecular flexibility index (Phi) is 4.40. The second kappa shape index (κ2) is 6.03. The predicted octanol–water partition coefficient (Wildman–Crippen LogP) is 4.05. The number of piperidine rings is 1. The number of anilines is 1. The van der Waals surface area contributed by atoms with Gasteiger partial charge in [0.2, 0.25) is 0 Å². The molecule has 1 fully saturated rings. The summed E-state index contributed by atoms with van der Waals surface area (Å²) < 4.78 is 0. The van der Waals surface area contributed by atoms with Crippen LogP contribution in [0.3, 0.4) is 0 Å². The fourth-order valence-corrected chi connectivity index (χ4v) is 2.81. The van der Waals surface area contributed by atoms with Crippen LogP contribution in [0.1, 0.15) is 56.3 Å². The summed E-state index contributed by atoms with van der Waals surface area (Å²) in [5.41, 5.74) is 2.11. The number of rotatable bonds is 4. The number of hydrogen-bond donors (Lipinski definition) is 0. The molecule has 1 heterocycles. The number of benzene rings is 1. The van der Waals surface area contributed by atoms with Gasteiger partial charge >= 0.3 is 0 Å². The van der Waals surface area contributed by atoms with Crippen LogP contribution in [0.25, 0.3) is 0 Å². The van der Waals surface area contributed by atoms with E-state index in [4.69, 9.17) is 0 Å². The minimum atomic E-state index is 0.229. The lowest BCUT2D eigenvalue weighted by atomic mass is 9.98. The molecule has 1 aromatic rings. The molecule has 0 bridgehead atoms. The molecule has 98 valence electrons. The highest BCUT2D eigenvalue weighted by molar-refractivity contribution is 5.96. The Balaban J connectivity index is 2.15. The summed E-state index contributed by atoms with van der Waals surface area (Å²) in [7, 11) is 0. The Morgan fingerprint density at radius 2 is 1.94 bits per heavy atom. The molecule has 1 aliphatic rings. The van der Waals surface area contributed by atoms with Crippen LogP contribution in [0.5, 0.6) is 0 Å². The van der Waals surface area contributed by atoms with E-state index in [1.54, 1.807) is 0 Å². The second-order valence-corrected chi connectivity index (χ2v) is 5.07. The molecule has 1 atom stereocenters. The highest BCUT2D eigenvalue weighted by Crippen LogP contribution is 2.26. The molecule has 0 spiro atoms. The van der Waals surface area contributed by atoms with Crippen molar-refractivity contribution in [1.82, 2.24) is 0 Å². The van der Waals surface area contributed by atoms with E-state index in [9.17, 15) is 4.79 Å². The van der Waals surface area contributed by atoms with Gasteiger partial charge in [-0.05, 0) is 49.9 Å². The summed E-state index contributed by atoms with van der Waals surface area (Å²) >= 11 is 0. The molecule has 1 aromatic carbocycles. The van der Waals surface area contributed by atoms with Gasteiger partial charge < -0.3 is 4.90 Å². The minimum Gasteiger partial charge on any atom is -0.369 e. The molecular weight excluding hydrogens is 222 g/mol. The van der Waals surface area contributed by atoms with E-state index in [0.29, 0.717) is 12.5 Å². The smallest absolute Gasteiger partial charge is 0.162 e. The quantitative estimate of drug-likeness (QED) is 0.746. The predicted molar refractivity (Wildman–Crippen MR) is 76.3 cm³/mol. The van der Waals surface area contributed by atoms with Crippen molar-refractivity contribution in [3.05, 3.63) is 29.8 Å². The molecule has 1 saturated heterocycles. The van der Waals surface area contributed by atoms with Gasteiger partial charge in [0.25, 0.3) is 0 Å². The zero-order valence-corrected chi connectivity index (χ0v) is 11.5. The Hall–Kier alpha value is -1.31. The normalized spacial score (nSPS) is 19.9. The zero-order valence-electron chi connectivity index (χ0n) is 11.5. The topological polar surface area (TPSA) is 20.3 Å². The van der Waals surface area contributed by atoms with E-state index in [1.165, 1.54) is 31.4 Å². The van der Waals surface area contributed by atoms with Crippen molar-refractivity contribution in [3.63, 3.8) is 0 Å². The van der Waals surface area contributed by atoms with Crippen molar-refractivity contribution in [2.45, 2.75) is 52.0 Å². The van der Waals surface area contributed by atoms with E-state index in [1.807, 2.05) is 19.1 Å². The van der Waals surface area contributed by atoms with Crippen LogP contribution in [0, 0.1) is 0 Å². The van der Waals surface area contributed by atoms with Crippen molar-refractivity contribution in [2.75, 3.05) is 11.4 Å². The van der Waals surface area contributed by atoms with Crippen molar-refractivity contribution < 1.29 is 4.79 Å². The first-order valence-electron chi connectivity index (χ1n) is 7.16. The molecule has 2 rings (SSSR count). The summed E-state index contributed by atoms with van der Waals surface area (Å²) in [5.74, 6) is 0.229. The van der Waals surface area contributed by atoms with E-state index < -0.39 is 0 Å². The Morgan fingerprint density at radius 3 is 2.56 bits per heavy atom. The first kappa shape index (κ1) is 13.1. The number of Topliss-reactive ketones (excluding diaryl/α,β-unsaturated/α-hetero) is 1. The molecule has 0 N–H and O–H groups in total. The fraction of sp³-hybridized carbons (Fsp3) is 0.562. The van der Waals surface area contributed by atoms with Gasteiger partial charge in [-0.15, -0.1) is 0 Å². The van der Waals surface area contributed by atoms with Crippen LogP contribution in [-0.2, 0) is 0 Å². The van der Waals surface area contributed by atoms with E-state index in [0.717, 1.165) is 12.1 Å². The molecule has 18 heavy (non-hydrogen) atoms. The lowest BCUT2D eigenvalue weighted by Crippen LogP contribution is -2.39. The Labute approximate surface area is 110 Å². The van der Waals surface area contributed by atoms with Crippen molar-refractivity contribution in [2.24, 2.45) is 0 Å². The van der Waals surface area contributed by atoms with Gasteiger partial charge in [-0.1, -0.05) is 13.8 Å². The largest absolute Gasteiger partial charge is 0.369 e. The molecule has 2 nitrogen and oxygen atoms in total. The van der Waals surface area contributed by atoms with Gasteiger partial charge in [0.05, 0.1) is 0 Å². The van der Waals surface area contributed by atoms with Gasteiger partial charge in [0.1, 0.15) is 0 Å². The second-order valence-electron chi connectivity index (χ2n) is 5.07. The standard InChI is InChI=1S/C16H23NO/c1-3-14-7-5-6-12-17(14)15-10-8-13(9-11-15)16(18)4-2/h8-11,14H,3-7,12H2,1-2H3. The molecule has 1 aliphatic heterocycles. The van der Waals surface area contributed by atoms with Gasteiger partial charge in [0, 0.05) is 30.3 Å². The summed E-state index contributed by atoms with van der Waals surface area (Å²) in [5, 5.41) is 0. The number of nitrogens with zero attached hydrogens (tertiary/aromatic N) is 1. The number of ketones is 1. The van der Waals surface area contributed by atoms with Crippen molar-refractivity contribution >= 4 is 11.5 Å². The third-order valence-electron chi connectivity index (χ3n) is 3.94. The van der Waals surface area contributed by atoms with Gasteiger partial charge in [0.15, 0.2) is 5.78 Å². The SMILES string of the molecule is CCC(=O)c1ccc(N2CCCCC2CC)cc1. The van der Waals surface area contributed by atoms with E-state index in [2.05, 4.69) is 24.0 Å².